The first-order valence-electron chi connectivity index (χ1n) is 14.2. The summed E-state index contributed by atoms with van der Waals surface area (Å²) in [5, 5.41) is 4.50. The van der Waals surface area contributed by atoms with E-state index in [1.165, 1.54) is 16.3 Å². The molecule has 1 radical (unpaired) electrons. The molecule has 0 unspecified atom stereocenters. The van der Waals surface area contributed by atoms with Gasteiger partial charge in [0, 0.05) is 43.6 Å². The van der Waals surface area contributed by atoms with Gasteiger partial charge < -0.3 is 14.4 Å². The Labute approximate surface area is 269 Å². The van der Waals surface area contributed by atoms with Crippen molar-refractivity contribution in [2.45, 2.75) is 13.8 Å². The van der Waals surface area contributed by atoms with Gasteiger partial charge in [-0.2, -0.15) is 0 Å². The second-order valence-corrected chi connectivity index (χ2v) is 10.5. The molecule has 0 fully saturated rings. The SMILES string of the molecule is Cc1ccc(-c2[c-]cccc2)nc1.Cc1ccc2c(n1)oc1c(-c3cc(-c4ccc5ccccc5c4)ccn3)[c-]ccc12.[Ir]. The van der Waals surface area contributed by atoms with Gasteiger partial charge in [0.25, 0.3) is 0 Å². The van der Waals surface area contributed by atoms with E-state index in [-0.39, 0.29) is 20.1 Å². The molecule has 0 spiro atoms. The number of fused-ring (bicyclic) bond motifs is 4. The van der Waals surface area contributed by atoms with Gasteiger partial charge in [0.2, 0.25) is 5.71 Å². The smallest absolute Gasteiger partial charge is 0.216 e. The Kier molecular flexibility index (Phi) is 8.42. The first-order valence-corrected chi connectivity index (χ1v) is 14.2. The van der Waals surface area contributed by atoms with E-state index in [9.17, 15) is 0 Å². The third kappa shape index (κ3) is 5.93. The Balaban J connectivity index is 0.000000207. The van der Waals surface area contributed by atoms with Crippen molar-refractivity contribution in [2.24, 2.45) is 0 Å². The van der Waals surface area contributed by atoms with E-state index >= 15 is 0 Å². The molecule has 4 heterocycles. The molecule has 44 heavy (non-hydrogen) atoms. The van der Waals surface area contributed by atoms with Gasteiger partial charge >= 0.3 is 0 Å². The van der Waals surface area contributed by atoms with Crippen LogP contribution in [-0.2, 0) is 20.1 Å². The largest absolute Gasteiger partial charge is 0.486 e. The van der Waals surface area contributed by atoms with Crippen LogP contribution in [0.3, 0.4) is 0 Å². The maximum absolute atomic E-state index is 6.14. The molecule has 0 aliphatic rings. The van der Waals surface area contributed by atoms with Crippen molar-refractivity contribution >= 4 is 32.8 Å². The first kappa shape index (κ1) is 29.1. The fraction of sp³-hybridized carbons (Fsp3) is 0.0513. The van der Waals surface area contributed by atoms with Gasteiger partial charge in [0.15, 0.2) is 0 Å². The number of nitrogens with zero attached hydrogens (tertiary/aromatic N) is 3. The minimum atomic E-state index is 0. The monoisotopic (exact) mass is 746 g/mol. The molecule has 8 rings (SSSR count). The molecule has 0 saturated heterocycles. The standard InChI is InChI=1S/C27H17N2O.C12H10N.Ir/c1-17-9-12-23-22-7-4-8-24(26(22)30-27(23)29-17)25-16-21(13-14-28-25)20-11-10-18-5-2-3-6-19(18)15-20;1-10-7-8-12(13-9-10)11-5-3-2-4-6-11;/h2-7,9-16H,1H3;2-5,7-9H,1H3;/q2*-1;. The third-order valence-corrected chi connectivity index (χ3v) is 7.43. The van der Waals surface area contributed by atoms with Crippen molar-refractivity contribution in [2.75, 3.05) is 0 Å². The van der Waals surface area contributed by atoms with Gasteiger partial charge in [0.05, 0.1) is 5.58 Å². The Hall–Kier alpha value is -4.96. The number of furan rings is 1. The summed E-state index contributed by atoms with van der Waals surface area (Å²) in [6, 6.07) is 45.5. The van der Waals surface area contributed by atoms with Crippen LogP contribution in [0.5, 0.6) is 0 Å². The number of rotatable bonds is 3. The van der Waals surface area contributed by atoms with E-state index in [0.29, 0.717) is 5.71 Å². The predicted octanol–water partition coefficient (Wildman–Crippen LogP) is 9.83. The van der Waals surface area contributed by atoms with E-state index in [0.717, 1.165) is 55.7 Å². The van der Waals surface area contributed by atoms with Crippen molar-refractivity contribution in [3.8, 4) is 33.6 Å². The second-order valence-electron chi connectivity index (χ2n) is 10.5. The van der Waals surface area contributed by atoms with Crippen LogP contribution < -0.4 is 0 Å². The van der Waals surface area contributed by atoms with Crippen LogP contribution >= 0.6 is 0 Å². The molecule has 0 atom stereocenters. The van der Waals surface area contributed by atoms with E-state index in [4.69, 9.17) is 4.42 Å². The van der Waals surface area contributed by atoms with Crippen LogP contribution in [0.2, 0.25) is 0 Å². The van der Waals surface area contributed by atoms with Gasteiger partial charge in [-0.1, -0.05) is 65.5 Å². The van der Waals surface area contributed by atoms with Gasteiger partial charge in [-0.05, 0) is 77.0 Å². The van der Waals surface area contributed by atoms with Gasteiger partial charge in [0.1, 0.15) is 0 Å². The Morgan fingerprint density at radius 1 is 0.636 bits per heavy atom. The molecule has 4 nitrogen and oxygen atoms in total. The minimum absolute atomic E-state index is 0. The Bertz CT molecular complexity index is 2210. The zero-order chi connectivity index (χ0) is 29.2. The second kappa shape index (κ2) is 12.7. The molecule has 0 aliphatic carbocycles. The quantitative estimate of drug-likeness (QED) is 0.169. The molecule has 0 N–H and O–H groups in total. The summed E-state index contributed by atoms with van der Waals surface area (Å²) in [4.78, 5) is 13.5. The molecular formula is C39H27IrN3O-2. The number of benzene rings is 4. The van der Waals surface area contributed by atoms with Crippen LogP contribution in [-0.4, -0.2) is 15.0 Å². The summed E-state index contributed by atoms with van der Waals surface area (Å²) in [7, 11) is 0. The molecule has 0 saturated carbocycles. The fourth-order valence-electron chi connectivity index (χ4n) is 5.20. The number of hydrogen-bond acceptors (Lipinski definition) is 4. The maximum atomic E-state index is 6.14. The zero-order valence-corrected chi connectivity index (χ0v) is 26.6. The summed E-state index contributed by atoms with van der Waals surface area (Å²) in [5.74, 6) is 0. The average Bonchev–Trinajstić information content (AvgIpc) is 3.43. The third-order valence-electron chi connectivity index (χ3n) is 7.43. The predicted molar refractivity (Wildman–Crippen MR) is 175 cm³/mol. The van der Waals surface area contributed by atoms with Crippen molar-refractivity contribution in [3.63, 3.8) is 0 Å². The minimum Gasteiger partial charge on any atom is -0.486 e. The summed E-state index contributed by atoms with van der Waals surface area (Å²) < 4.78 is 6.14. The van der Waals surface area contributed by atoms with E-state index < -0.39 is 0 Å². The van der Waals surface area contributed by atoms with Crippen LogP contribution in [0, 0.1) is 26.0 Å². The molecule has 4 aromatic carbocycles. The number of aromatic nitrogens is 3. The number of pyridine rings is 3. The Morgan fingerprint density at radius 3 is 2.30 bits per heavy atom. The van der Waals surface area contributed by atoms with Crippen molar-refractivity contribution in [1.82, 2.24) is 15.0 Å². The Morgan fingerprint density at radius 2 is 1.48 bits per heavy atom. The molecule has 5 heteroatoms. The van der Waals surface area contributed by atoms with Crippen LogP contribution in [0.1, 0.15) is 11.3 Å². The summed E-state index contributed by atoms with van der Waals surface area (Å²) in [6.45, 7) is 4.00. The van der Waals surface area contributed by atoms with Crippen LogP contribution in [0.4, 0.5) is 0 Å². The maximum Gasteiger partial charge on any atom is 0.216 e. The molecule has 4 aromatic heterocycles. The zero-order valence-electron chi connectivity index (χ0n) is 24.2. The fourth-order valence-corrected chi connectivity index (χ4v) is 5.20. The van der Waals surface area contributed by atoms with Gasteiger partial charge in [-0.15, -0.1) is 54.1 Å². The first-order chi connectivity index (χ1) is 21.1. The van der Waals surface area contributed by atoms with Crippen molar-refractivity contribution in [3.05, 3.63) is 151 Å². The van der Waals surface area contributed by atoms with E-state index in [2.05, 4.69) is 87.7 Å². The molecular weight excluding hydrogens is 719 g/mol. The van der Waals surface area contributed by atoms with Gasteiger partial charge in [-0.3, -0.25) is 0 Å². The van der Waals surface area contributed by atoms with E-state index in [1.54, 1.807) is 0 Å². The summed E-state index contributed by atoms with van der Waals surface area (Å²) in [6.07, 6.45) is 3.72. The molecule has 8 aromatic rings. The molecule has 0 amide bonds. The van der Waals surface area contributed by atoms with Crippen LogP contribution in [0.25, 0.3) is 66.5 Å². The molecule has 0 aliphatic heterocycles. The van der Waals surface area contributed by atoms with Gasteiger partial charge in [-0.25, -0.2) is 4.98 Å². The van der Waals surface area contributed by atoms with Crippen molar-refractivity contribution < 1.29 is 24.5 Å². The van der Waals surface area contributed by atoms with Crippen molar-refractivity contribution in [1.29, 1.82) is 0 Å². The normalized spacial score (nSPS) is 10.8. The molecule has 0 bridgehead atoms. The topological polar surface area (TPSA) is 51.8 Å². The average molecular weight is 746 g/mol. The van der Waals surface area contributed by atoms with Crippen LogP contribution in [0.15, 0.2) is 132 Å². The van der Waals surface area contributed by atoms with E-state index in [1.807, 2.05) is 80.8 Å². The molecule has 215 valence electrons. The number of hydrogen-bond donors (Lipinski definition) is 0. The summed E-state index contributed by atoms with van der Waals surface area (Å²) in [5.41, 5.74) is 9.52. The number of aryl methyl sites for hydroxylation is 2. The summed E-state index contributed by atoms with van der Waals surface area (Å²) >= 11 is 0.